The van der Waals surface area contributed by atoms with E-state index in [0.29, 0.717) is 6.04 Å². The van der Waals surface area contributed by atoms with Crippen molar-refractivity contribution in [3.63, 3.8) is 0 Å². The Morgan fingerprint density at radius 3 is 2.30 bits per heavy atom. The van der Waals surface area contributed by atoms with Crippen molar-refractivity contribution in [2.45, 2.75) is 84.1 Å². The van der Waals surface area contributed by atoms with E-state index in [1.807, 2.05) is 0 Å². The summed E-state index contributed by atoms with van der Waals surface area (Å²) in [5.74, 6) is 0.883. The second-order valence-corrected chi connectivity index (χ2v) is 6.78. The molecule has 1 fully saturated rings. The van der Waals surface area contributed by atoms with Gasteiger partial charge in [0.25, 0.3) is 0 Å². The molecule has 0 N–H and O–H groups in total. The van der Waals surface area contributed by atoms with Gasteiger partial charge in [-0.15, -0.1) is 11.6 Å². The summed E-state index contributed by atoms with van der Waals surface area (Å²) in [5.41, 5.74) is 3.95. The van der Waals surface area contributed by atoms with Crippen LogP contribution in [0.5, 0.6) is 0 Å². The SMILES string of the molecule is CCc1nn(C2CCC(C)CC2)c(CC)c1C(Cl)CC. The molecule has 1 aromatic rings. The Morgan fingerprint density at radius 1 is 1.15 bits per heavy atom. The third kappa shape index (κ3) is 3.05. The quantitative estimate of drug-likeness (QED) is 0.661. The molecule has 1 unspecified atom stereocenters. The zero-order valence-corrected chi connectivity index (χ0v) is 14.2. The maximum absolute atomic E-state index is 6.58. The number of nitrogens with zero attached hydrogens (tertiary/aromatic N) is 2. The summed E-state index contributed by atoms with van der Waals surface area (Å²) < 4.78 is 2.34. The monoisotopic (exact) mass is 296 g/mol. The van der Waals surface area contributed by atoms with E-state index in [-0.39, 0.29) is 5.38 Å². The molecule has 0 aromatic carbocycles. The number of aromatic nitrogens is 2. The molecule has 2 nitrogen and oxygen atoms in total. The lowest BCUT2D eigenvalue weighted by atomic mass is 9.87. The summed E-state index contributed by atoms with van der Waals surface area (Å²) in [4.78, 5) is 0. The third-order valence-electron chi connectivity index (χ3n) is 4.80. The summed E-state index contributed by atoms with van der Waals surface area (Å²) >= 11 is 6.58. The minimum atomic E-state index is 0.121. The molecule has 2 rings (SSSR count). The van der Waals surface area contributed by atoms with Gasteiger partial charge < -0.3 is 0 Å². The highest BCUT2D eigenvalue weighted by molar-refractivity contribution is 6.21. The van der Waals surface area contributed by atoms with Crippen LogP contribution in [-0.4, -0.2) is 9.78 Å². The first-order chi connectivity index (χ1) is 9.62. The van der Waals surface area contributed by atoms with Gasteiger partial charge in [0.2, 0.25) is 0 Å². The molecule has 0 bridgehead atoms. The minimum Gasteiger partial charge on any atom is -0.266 e. The molecule has 0 spiro atoms. The largest absolute Gasteiger partial charge is 0.266 e. The second-order valence-electron chi connectivity index (χ2n) is 6.25. The maximum Gasteiger partial charge on any atom is 0.0671 e. The molecule has 1 saturated carbocycles. The van der Waals surface area contributed by atoms with E-state index in [1.54, 1.807) is 0 Å². The molecule has 114 valence electrons. The van der Waals surface area contributed by atoms with Gasteiger partial charge in [-0.25, -0.2) is 0 Å². The Bertz CT molecular complexity index is 430. The van der Waals surface area contributed by atoms with E-state index < -0.39 is 0 Å². The molecular formula is C17H29ClN2. The number of alkyl halides is 1. The normalized spacial score (nSPS) is 24.9. The van der Waals surface area contributed by atoms with E-state index in [9.17, 15) is 0 Å². The highest BCUT2D eigenvalue weighted by Crippen LogP contribution is 2.37. The molecule has 1 aliphatic carbocycles. The van der Waals surface area contributed by atoms with Crippen LogP contribution in [0.25, 0.3) is 0 Å². The van der Waals surface area contributed by atoms with E-state index in [2.05, 4.69) is 32.4 Å². The van der Waals surface area contributed by atoms with Gasteiger partial charge in [0.15, 0.2) is 0 Å². The molecule has 1 aliphatic rings. The van der Waals surface area contributed by atoms with Gasteiger partial charge in [0.1, 0.15) is 0 Å². The molecule has 3 heteroatoms. The van der Waals surface area contributed by atoms with Crippen LogP contribution in [0, 0.1) is 5.92 Å². The van der Waals surface area contributed by atoms with Crippen LogP contribution < -0.4 is 0 Å². The number of aryl methyl sites for hydroxylation is 1. The smallest absolute Gasteiger partial charge is 0.0671 e. The van der Waals surface area contributed by atoms with Crippen LogP contribution in [-0.2, 0) is 12.8 Å². The van der Waals surface area contributed by atoms with Crippen molar-refractivity contribution in [1.29, 1.82) is 0 Å². The molecule has 20 heavy (non-hydrogen) atoms. The standard InChI is InChI=1S/C17H29ClN2/c1-5-14(18)17-15(6-2)19-20(16(17)7-3)13-10-8-12(4)9-11-13/h12-14H,5-11H2,1-4H3. The predicted octanol–water partition coefficient (Wildman–Crippen LogP) is 5.45. The van der Waals surface area contributed by atoms with Crippen molar-refractivity contribution in [2.24, 2.45) is 5.92 Å². The molecule has 1 atom stereocenters. The first-order valence-electron chi connectivity index (χ1n) is 8.36. The van der Waals surface area contributed by atoms with Gasteiger partial charge in [-0.05, 0) is 50.9 Å². The predicted molar refractivity (Wildman–Crippen MR) is 86.5 cm³/mol. The van der Waals surface area contributed by atoms with Crippen LogP contribution in [0.15, 0.2) is 0 Å². The lowest BCUT2D eigenvalue weighted by Crippen LogP contribution is -2.19. The van der Waals surface area contributed by atoms with Crippen LogP contribution in [0.1, 0.15) is 88.2 Å². The van der Waals surface area contributed by atoms with Crippen molar-refractivity contribution in [3.05, 3.63) is 17.0 Å². The average Bonchev–Trinajstić information content (AvgIpc) is 2.85. The van der Waals surface area contributed by atoms with E-state index >= 15 is 0 Å². The molecule has 0 radical (unpaired) electrons. The number of hydrogen-bond donors (Lipinski definition) is 0. The van der Waals surface area contributed by atoms with Crippen LogP contribution in [0.2, 0.25) is 0 Å². The number of rotatable bonds is 5. The topological polar surface area (TPSA) is 17.8 Å². The number of halogens is 1. The molecule has 0 amide bonds. The molecule has 1 heterocycles. The van der Waals surface area contributed by atoms with Crippen LogP contribution >= 0.6 is 11.6 Å². The van der Waals surface area contributed by atoms with Crippen molar-refractivity contribution in [1.82, 2.24) is 9.78 Å². The van der Waals surface area contributed by atoms with Crippen LogP contribution in [0.4, 0.5) is 0 Å². The zero-order valence-electron chi connectivity index (χ0n) is 13.5. The average molecular weight is 297 g/mol. The summed E-state index contributed by atoms with van der Waals surface area (Å²) in [6.07, 6.45) is 8.23. The fourth-order valence-corrected chi connectivity index (χ4v) is 3.75. The van der Waals surface area contributed by atoms with E-state index in [4.69, 9.17) is 16.7 Å². The van der Waals surface area contributed by atoms with Gasteiger partial charge in [-0.3, -0.25) is 4.68 Å². The molecule has 0 saturated heterocycles. The summed E-state index contributed by atoms with van der Waals surface area (Å²) in [6.45, 7) is 8.96. The first-order valence-corrected chi connectivity index (χ1v) is 8.80. The Morgan fingerprint density at radius 2 is 1.80 bits per heavy atom. The minimum absolute atomic E-state index is 0.121. The summed E-state index contributed by atoms with van der Waals surface area (Å²) in [6, 6.07) is 0.598. The van der Waals surface area contributed by atoms with Crippen molar-refractivity contribution in [2.75, 3.05) is 0 Å². The third-order valence-corrected chi connectivity index (χ3v) is 5.33. The maximum atomic E-state index is 6.58. The van der Waals surface area contributed by atoms with Gasteiger partial charge >= 0.3 is 0 Å². The lowest BCUT2D eigenvalue weighted by molar-refractivity contribution is 0.268. The Labute approximate surface area is 128 Å². The highest BCUT2D eigenvalue weighted by Gasteiger charge is 2.27. The lowest BCUT2D eigenvalue weighted by Gasteiger charge is -2.28. The number of hydrogen-bond acceptors (Lipinski definition) is 1. The molecule has 0 aliphatic heterocycles. The Kier molecular flexibility index (Phi) is 5.54. The Balaban J connectivity index is 2.35. The molecule has 1 aromatic heterocycles. The first kappa shape index (κ1) is 15.9. The van der Waals surface area contributed by atoms with Crippen LogP contribution in [0.3, 0.4) is 0 Å². The van der Waals surface area contributed by atoms with Gasteiger partial charge in [-0.2, -0.15) is 5.10 Å². The summed E-state index contributed by atoms with van der Waals surface area (Å²) in [7, 11) is 0. The van der Waals surface area contributed by atoms with E-state index in [1.165, 1.54) is 42.6 Å². The summed E-state index contributed by atoms with van der Waals surface area (Å²) in [5, 5.41) is 5.07. The fourth-order valence-electron chi connectivity index (χ4n) is 3.50. The highest BCUT2D eigenvalue weighted by atomic mass is 35.5. The molecular weight excluding hydrogens is 268 g/mol. The van der Waals surface area contributed by atoms with Crippen molar-refractivity contribution < 1.29 is 0 Å². The van der Waals surface area contributed by atoms with E-state index in [0.717, 1.165) is 25.2 Å². The zero-order chi connectivity index (χ0) is 14.7. The van der Waals surface area contributed by atoms with Gasteiger partial charge in [0, 0.05) is 11.3 Å². The van der Waals surface area contributed by atoms with Gasteiger partial charge in [0.05, 0.1) is 17.1 Å². The second kappa shape index (κ2) is 6.98. The van der Waals surface area contributed by atoms with Crippen molar-refractivity contribution >= 4 is 11.6 Å². The van der Waals surface area contributed by atoms with Gasteiger partial charge in [-0.1, -0.05) is 27.7 Å². The fraction of sp³-hybridized carbons (Fsp3) is 0.824. The Hall–Kier alpha value is -0.500. The van der Waals surface area contributed by atoms with Crippen molar-refractivity contribution in [3.8, 4) is 0 Å².